The van der Waals surface area contributed by atoms with Gasteiger partial charge in [0.15, 0.2) is 11.5 Å². The first-order valence-corrected chi connectivity index (χ1v) is 7.35. The number of hydrogen-bond acceptors (Lipinski definition) is 4. The number of fused-ring (bicyclic) bond motifs is 1. The smallest absolute Gasteiger partial charge is 0.162 e. The lowest BCUT2D eigenvalue weighted by atomic mass is 10.2. The van der Waals surface area contributed by atoms with Gasteiger partial charge in [-0.3, -0.25) is 4.21 Å². The number of rotatable bonds is 4. The second kappa shape index (κ2) is 5.71. The van der Waals surface area contributed by atoms with Crippen LogP contribution in [0.5, 0.6) is 11.5 Å². The molecular formula is C13H19NO3S. The molecule has 1 aromatic rings. The van der Waals surface area contributed by atoms with Crippen LogP contribution < -0.4 is 15.2 Å². The third-order valence-electron chi connectivity index (χ3n) is 2.82. The summed E-state index contributed by atoms with van der Waals surface area (Å²) in [7, 11) is -1.06. The first kappa shape index (κ1) is 13.4. The van der Waals surface area contributed by atoms with Crippen LogP contribution in [-0.2, 0) is 10.8 Å². The van der Waals surface area contributed by atoms with Crippen molar-refractivity contribution in [3.8, 4) is 11.5 Å². The van der Waals surface area contributed by atoms with E-state index >= 15 is 0 Å². The zero-order valence-electron chi connectivity index (χ0n) is 10.7. The normalized spacial score (nSPS) is 19.1. The van der Waals surface area contributed by atoms with Gasteiger partial charge in [0.2, 0.25) is 0 Å². The number of nitrogens with two attached hydrogens (primary N) is 1. The van der Waals surface area contributed by atoms with Crippen LogP contribution in [0, 0.1) is 0 Å². The van der Waals surface area contributed by atoms with E-state index in [2.05, 4.69) is 0 Å². The fourth-order valence-corrected chi connectivity index (χ4v) is 3.36. The molecule has 1 aliphatic rings. The average Bonchev–Trinajstić information content (AvgIpc) is 2.36. The first-order valence-electron chi connectivity index (χ1n) is 6.13. The summed E-state index contributed by atoms with van der Waals surface area (Å²) >= 11 is 0. The number of hydrogen-bond donors (Lipinski definition) is 1. The zero-order valence-corrected chi connectivity index (χ0v) is 11.5. The molecule has 3 unspecified atom stereocenters. The minimum Gasteiger partial charge on any atom is -0.486 e. The highest BCUT2D eigenvalue weighted by Crippen LogP contribution is 2.32. The SMILES string of the molecule is CC(N)CC(C)S(=O)c1ccc2c(c1)OCCO2. The van der Waals surface area contributed by atoms with Crippen molar-refractivity contribution >= 4 is 10.8 Å². The third-order valence-corrected chi connectivity index (χ3v) is 4.46. The van der Waals surface area contributed by atoms with Gasteiger partial charge < -0.3 is 15.2 Å². The summed E-state index contributed by atoms with van der Waals surface area (Å²) < 4.78 is 23.3. The van der Waals surface area contributed by atoms with Gasteiger partial charge in [0.25, 0.3) is 0 Å². The van der Waals surface area contributed by atoms with Crippen LogP contribution in [0.15, 0.2) is 23.1 Å². The fraction of sp³-hybridized carbons (Fsp3) is 0.538. The Bertz CT molecular complexity index is 448. The maximum Gasteiger partial charge on any atom is 0.162 e. The van der Waals surface area contributed by atoms with Crippen molar-refractivity contribution in [2.45, 2.75) is 36.5 Å². The van der Waals surface area contributed by atoms with E-state index < -0.39 is 10.8 Å². The van der Waals surface area contributed by atoms with Gasteiger partial charge in [0.1, 0.15) is 13.2 Å². The molecule has 1 heterocycles. The Morgan fingerprint density at radius 1 is 1.28 bits per heavy atom. The van der Waals surface area contributed by atoms with Gasteiger partial charge in [-0.15, -0.1) is 0 Å². The molecule has 0 saturated carbocycles. The maximum absolute atomic E-state index is 12.3. The molecule has 3 atom stereocenters. The highest BCUT2D eigenvalue weighted by molar-refractivity contribution is 7.85. The summed E-state index contributed by atoms with van der Waals surface area (Å²) in [4.78, 5) is 0.771. The van der Waals surface area contributed by atoms with Gasteiger partial charge in [-0.1, -0.05) is 6.92 Å². The summed E-state index contributed by atoms with van der Waals surface area (Å²) in [6, 6.07) is 5.52. The van der Waals surface area contributed by atoms with E-state index in [1.54, 1.807) is 0 Å². The highest BCUT2D eigenvalue weighted by Gasteiger charge is 2.18. The van der Waals surface area contributed by atoms with E-state index in [0.717, 1.165) is 17.1 Å². The van der Waals surface area contributed by atoms with Gasteiger partial charge in [0.05, 0.1) is 10.8 Å². The largest absolute Gasteiger partial charge is 0.486 e. The Labute approximate surface area is 110 Å². The minimum absolute atomic E-state index is 0.0348. The summed E-state index contributed by atoms with van der Waals surface area (Å²) in [5.74, 6) is 1.40. The van der Waals surface area contributed by atoms with Gasteiger partial charge in [-0.25, -0.2) is 0 Å². The lowest BCUT2D eigenvalue weighted by Crippen LogP contribution is -2.24. The molecule has 1 aliphatic heterocycles. The Morgan fingerprint density at radius 3 is 2.61 bits per heavy atom. The van der Waals surface area contributed by atoms with Gasteiger partial charge >= 0.3 is 0 Å². The topological polar surface area (TPSA) is 61.6 Å². The molecule has 18 heavy (non-hydrogen) atoms. The Balaban J connectivity index is 2.15. The molecule has 0 saturated heterocycles. The van der Waals surface area contributed by atoms with Crippen LogP contribution in [0.4, 0.5) is 0 Å². The lowest BCUT2D eigenvalue weighted by Gasteiger charge is -2.20. The van der Waals surface area contributed by atoms with Crippen molar-refractivity contribution in [2.24, 2.45) is 5.73 Å². The van der Waals surface area contributed by atoms with E-state index in [1.165, 1.54) is 0 Å². The molecule has 0 fully saturated rings. The second-order valence-corrected chi connectivity index (χ2v) is 6.50. The van der Waals surface area contributed by atoms with E-state index in [0.29, 0.717) is 19.0 Å². The van der Waals surface area contributed by atoms with Crippen LogP contribution in [0.25, 0.3) is 0 Å². The maximum atomic E-state index is 12.3. The molecule has 4 nitrogen and oxygen atoms in total. The van der Waals surface area contributed by atoms with Gasteiger partial charge in [-0.05, 0) is 25.5 Å². The van der Waals surface area contributed by atoms with Gasteiger partial charge in [-0.2, -0.15) is 0 Å². The molecule has 0 aliphatic carbocycles. The number of ether oxygens (including phenoxy) is 2. The van der Waals surface area contributed by atoms with E-state index in [9.17, 15) is 4.21 Å². The van der Waals surface area contributed by atoms with Crippen LogP contribution in [0.1, 0.15) is 20.3 Å². The summed E-state index contributed by atoms with van der Waals surface area (Å²) in [5.41, 5.74) is 5.74. The van der Waals surface area contributed by atoms with E-state index in [4.69, 9.17) is 15.2 Å². The molecule has 100 valence electrons. The van der Waals surface area contributed by atoms with Crippen molar-refractivity contribution in [2.75, 3.05) is 13.2 Å². The zero-order chi connectivity index (χ0) is 13.1. The summed E-state index contributed by atoms with van der Waals surface area (Å²) in [6.07, 6.45) is 0.737. The molecule has 2 rings (SSSR count). The lowest BCUT2D eigenvalue weighted by molar-refractivity contribution is 0.171. The van der Waals surface area contributed by atoms with E-state index in [-0.39, 0.29) is 11.3 Å². The van der Waals surface area contributed by atoms with Crippen molar-refractivity contribution in [1.82, 2.24) is 0 Å². The molecule has 5 heteroatoms. The van der Waals surface area contributed by atoms with Gasteiger partial charge in [0, 0.05) is 22.3 Å². The second-order valence-electron chi connectivity index (χ2n) is 4.63. The summed E-state index contributed by atoms with van der Waals surface area (Å²) in [5, 5.41) is 0.0348. The van der Waals surface area contributed by atoms with Crippen molar-refractivity contribution < 1.29 is 13.7 Å². The molecule has 0 spiro atoms. The number of benzene rings is 1. The van der Waals surface area contributed by atoms with Crippen molar-refractivity contribution in [1.29, 1.82) is 0 Å². The molecule has 0 aromatic heterocycles. The molecule has 0 amide bonds. The molecule has 2 N–H and O–H groups in total. The third kappa shape index (κ3) is 3.03. The molecule has 0 radical (unpaired) electrons. The van der Waals surface area contributed by atoms with Crippen LogP contribution in [0.3, 0.4) is 0 Å². The first-order chi connectivity index (χ1) is 8.58. The summed E-state index contributed by atoms with van der Waals surface area (Å²) in [6.45, 7) is 4.99. The van der Waals surface area contributed by atoms with Crippen molar-refractivity contribution in [3.05, 3.63) is 18.2 Å². The highest BCUT2D eigenvalue weighted by atomic mass is 32.2. The molecule has 1 aromatic carbocycles. The van der Waals surface area contributed by atoms with Crippen molar-refractivity contribution in [3.63, 3.8) is 0 Å². The Morgan fingerprint density at radius 2 is 1.94 bits per heavy atom. The molecule has 0 bridgehead atoms. The average molecular weight is 269 g/mol. The fourth-order valence-electron chi connectivity index (χ4n) is 1.99. The Kier molecular flexibility index (Phi) is 4.24. The van der Waals surface area contributed by atoms with E-state index in [1.807, 2.05) is 32.0 Å². The predicted octanol–water partition coefficient (Wildman–Crippen LogP) is 1.69. The quantitative estimate of drug-likeness (QED) is 0.903. The Hall–Kier alpha value is -1.07. The monoisotopic (exact) mass is 269 g/mol. The molecular weight excluding hydrogens is 250 g/mol. The minimum atomic E-state index is -1.06. The van der Waals surface area contributed by atoms with Crippen LogP contribution in [0.2, 0.25) is 0 Å². The van der Waals surface area contributed by atoms with Crippen LogP contribution in [-0.4, -0.2) is 28.7 Å². The standard InChI is InChI=1S/C13H19NO3S/c1-9(14)7-10(2)18(15)11-3-4-12-13(8-11)17-6-5-16-12/h3-4,8-10H,5-7,14H2,1-2H3. The predicted molar refractivity (Wildman–Crippen MR) is 71.6 cm³/mol. The van der Waals surface area contributed by atoms with Crippen LogP contribution >= 0.6 is 0 Å².